The van der Waals surface area contributed by atoms with E-state index in [1.165, 1.54) is 10.8 Å². The molecule has 0 aliphatic heterocycles. The molecule has 0 radical (unpaired) electrons. The molecule has 100 valence electrons. The van der Waals surface area contributed by atoms with E-state index in [-0.39, 0.29) is 0 Å². The Morgan fingerprint density at radius 2 is 1.74 bits per heavy atom. The highest BCUT2D eigenvalue weighted by Crippen LogP contribution is 2.44. The molecular formula is C18H22O. The summed E-state index contributed by atoms with van der Waals surface area (Å²) in [4.78, 5) is 0. The van der Waals surface area contributed by atoms with E-state index < -0.39 is 5.60 Å². The van der Waals surface area contributed by atoms with Crippen LogP contribution in [0, 0.1) is 11.8 Å². The van der Waals surface area contributed by atoms with Crippen LogP contribution in [-0.2, 0) is 5.60 Å². The molecule has 2 aromatic carbocycles. The molecule has 0 amide bonds. The third-order valence-electron chi connectivity index (χ3n) is 4.94. The van der Waals surface area contributed by atoms with E-state index in [4.69, 9.17) is 0 Å². The van der Waals surface area contributed by atoms with Gasteiger partial charge in [-0.05, 0) is 47.4 Å². The summed E-state index contributed by atoms with van der Waals surface area (Å²) in [7, 11) is 0. The number of fused-ring (bicyclic) bond motifs is 1. The second kappa shape index (κ2) is 4.64. The third kappa shape index (κ3) is 2.17. The number of rotatable bonds is 1. The summed E-state index contributed by atoms with van der Waals surface area (Å²) in [5, 5.41) is 13.6. The van der Waals surface area contributed by atoms with Gasteiger partial charge < -0.3 is 5.11 Å². The van der Waals surface area contributed by atoms with Crippen LogP contribution in [0.1, 0.15) is 38.7 Å². The fourth-order valence-corrected chi connectivity index (χ4v) is 3.46. The van der Waals surface area contributed by atoms with Crippen molar-refractivity contribution in [1.82, 2.24) is 0 Å². The predicted octanol–water partition coefficient (Wildman–Crippen LogP) is 4.48. The molecular weight excluding hydrogens is 232 g/mol. The van der Waals surface area contributed by atoms with Crippen molar-refractivity contribution in [1.29, 1.82) is 0 Å². The average molecular weight is 254 g/mol. The first-order valence-electron chi connectivity index (χ1n) is 7.31. The smallest absolute Gasteiger partial charge is 0.0905 e. The van der Waals surface area contributed by atoms with E-state index in [0.717, 1.165) is 30.7 Å². The zero-order valence-electron chi connectivity index (χ0n) is 11.8. The monoisotopic (exact) mass is 254 g/mol. The molecule has 0 saturated heterocycles. The molecule has 1 heteroatoms. The van der Waals surface area contributed by atoms with Crippen molar-refractivity contribution in [3.8, 4) is 0 Å². The predicted molar refractivity (Wildman–Crippen MR) is 80.0 cm³/mol. The Morgan fingerprint density at radius 3 is 2.53 bits per heavy atom. The largest absolute Gasteiger partial charge is 0.385 e. The Labute approximate surface area is 115 Å². The highest BCUT2D eigenvalue weighted by atomic mass is 16.3. The Balaban J connectivity index is 2.09. The molecule has 0 aromatic heterocycles. The van der Waals surface area contributed by atoms with Gasteiger partial charge in [0.05, 0.1) is 5.60 Å². The molecule has 1 fully saturated rings. The van der Waals surface area contributed by atoms with Gasteiger partial charge in [0.1, 0.15) is 0 Å². The van der Waals surface area contributed by atoms with Gasteiger partial charge in [-0.15, -0.1) is 0 Å². The molecule has 2 aromatic rings. The summed E-state index contributed by atoms with van der Waals surface area (Å²) < 4.78 is 0. The molecule has 19 heavy (non-hydrogen) atoms. The lowest BCUT2D eigenvalue weighted by Gasteiger charge is -2.40. The first-order chi connectivity index (χ1) is 9.10. The molecule has 1 saturated carbocycles. The fourth-order valence-electron chi connectivity index (χ4n) is 3.46. The minimum absolute atomic E-state index is 0.581. The van der Waals surface area contributed by atoms with Gasteiger partial charge in [0.15, 0.2) is 0 Å². The fraction of sp³-hybridized carbons (Fsp3) is 0.444. The normalized spacial score (nSPS) is 31.5. The second-order valence-electron chi connectivity index (χ2n) is 6.26. The van der Waals surface area contributed by atoms with Gasteiger partial charge in [-0.3, -0.25) is 0 Å². The molecule has 0 spiro atoms. The molecule has 1 aliphatic rings. The molecule has 1 N–H and O–H groups in total. The highest BCUT2D eigenvalue weighted by Gasteiger charge is 2.38. The SMILES string of the molecule is CC1CCC(O)(c2cccc3ccccc23)CC1C. The molecule has 0 heterocycles. The molecule has 1 nitrogen and oxygen atoms in total. The van der Waals surface area contributed by atoms with E-state index >= 15 is 0 Å². The van der Waals surface area contributed by atoms with Gasteiger partial charge in [0, 0.05) is 0 Å². The van der Waals surface area contributed by atoms with E-state index in [1.807, 2.05) is 0 Å². The Morgan fingerprint density at radius 1 is 1.00 bits per heavy atom. The molecule has 0 bridgehead atoms. The third-order valence-corrected chi connectivity index (χ3v) is 4.94. The van der Waals surface area contributed by atoms with Crippen molar-refractivity contribution in [2.24, 2.45) is 11.8 Å². The van der Waals surface area contributed by atoms with E-state index in [9.17, 15) is 5.11 Å². The average Bonchev–Trinajstić information content (AvgIpc) is 2.43. The maximum atomic E-state index is 11.1. The number of hydrogen-bond acceptors (Lipinski definition) is 1. The van der Waals surface area contributed by atoms with Crippen LogP contribution in [0.5, 0.6) is 0 Å². The zero-order valence-corrected chi connectivity index (χ0v) is 11.8. The van der Waals surface area contributed by atoms with Crippen LogP contribution in [-0.4, -0.2) is 5.11 Å². The van der Waals surface area contributed by atoms with E-state index in [0.29, 0.717) is 5.92 Å². The van der Waals surface area contributed by atoms with Crippen LogP contribution >= 0.6 is 0 Å². The van der Waals surface area contributed by atoms with Crippen molar-refractivity contribution >= 4 is 10.8 Å². The van der Waals surface area contributed by atoms with Crippen LogP contribution in [0.4, 0.5) is 0 Å². The summed E-state index contributed by atoms with van der Waals surface area (Å²) in [5.74, 6) is 1.30. The minimum Gasteiger partial charge on any atom is -0.385 e. The Kier molecular flexibility index (Phi) is 3.10. The van der Waals surface area contributed by atoms with Crippen LogP contribution in [0.3, 0.4) is 0 Å². The number of benzene rings is 2. The van der Waals surface area contributed by atoms with E-state index in [2.05, 4.69) is 56.3 Å². The minimum atomic E-state index is -0.646. The summed E-state index contributed by atoms with van der Waals surface area (Å²) in [6, 6.07) is 14.7. The van der Waals surface area contributed by atoms with Gasteiger partial charge in [-0.2, -0.15) is 0 Å². The molecule has 1 aliphatic carbocycles. The Hall–Kier alpha value is -1.34. The van der Waals surface area contributed by atoms with Crippen molar-refractivity contribution < 1.29 is 5.11 Å². The lowest BCUT2D eigenvalue weighted by Crippen LogP contribution is -2.35. The second-order valence-corrected chi connectivity index (χ2v) is 6.26. The standard InChI is InChI=1S/C18H22O/c1-13-10-11-18(19,12-14(13)2)17-9-5-7-15-6-3-4-8-16(15)17/h3-9,13-14,19H,10-12H2,1-2H3. The first-order valence-corrected chi connectivity index (χ1v) is 7.31. The summed E-state index contributed by atoms with van der Waals surface area (Å²) in [6.07, 6.45) is 2.87. The van der Waals surface area contributed by atoms with Crippen molar-refractivity contribution in [3.05, 3.63) is 48.0 Å². The highest BCUT2D eigenvalue weighted by molar-refractivity contribution is 5.86. The molecule has 3 unspecified atom stereocenters. The lowest BCUT2D eigenvalue weighted by molar-refractivity contribution is -0.0324. The zero-order chi connectivity index (χ0) is 13.5. The van der Waals surface area contributed by atoms with Gasteiger partial charge in [0.2, 0.25) is 0 Å². The molecule has 3 atom stereocenters. The topological polar surface area (TPSA) is 20.2 Å². The van der Waals surface area contributed by atoms with Crippen LogP contribution in [0.2, 0.25) is 0 Å². The van der Waals surface area contributed by atoms with Crippen LogP contribution in [0.25, 0.3) is 10.8 Å². The first kappa shape index (κ1) is 12.7. The van der Waals surface area contributed by atoms with Gasteiger partial charge in [0.25, 0.3) is 0 Å². The van der Waals surface area contributed by atoms with Crippen LogP contribution in [0.15, 0.2) is 42.5 Å². The number of hydrogen-bond donors (Lipinski definition) is 1. The van der Waals surface area contributed by atoms with Crippen molar-refractivity contribution in [2.45, 2.75) is 38.7 Å². The molecule has 3 rings (SSSR count). The van der Waals surface area contributed by atoms with Crippen LogP contribution < -0.4 is 0 Å². The number of aliphatic hydroxyl groups is 1. The lowest BCUT2D eigenvalue weighted by atomic mass is 9.70. The van der Waals surface area contributed by atoms with Gasteiger partial charge >= 0.3 is 0 Å². The van der Waals surface area contributed by atoms with Gasteiger partial charge in [-0.1, -0.05) is 56.3 Å². The summed E-state index contributed by atoms with van der Waals surface area (Å²) >= 11 is 0. The quantitative estimate of drug-likeness (QED) is 0.795. The van der Waals surface area contributed by atoms with Crippen molar-refractivity contribution in [2.75, 3.05) is 0 Å². The van der Waals surface area contributed by atoms with Crippen molar-refractivity contribution in [3.63, 3.8) is 0 Å². The summed E-state index contributed by atoms with van der Waals surface area (Å²) in [6.45, 7) is 4.56. The Bertz CT molecular complexity index is 584. The van der Waals surface area contributed by atoms with E-state index in [1.54, 1.807) is 0 Å². The maximum absolute atomic E-state index is 11.1. The summed E-state index contributed by atoms with van der Waals surface area (Å²) in [5.41, 5.74) is 0.469. The maximum Gasteiger partial charge on any atom is 0.0905 e. The van der Waals surface area contributed by atoms with Gasteiger partial charge in [-0.25, -0.2) is 0 Å².